The van der Waals surface area contributed by atoms with Crippen LogP contribution in [0.5, 0.6) is 0 Å². The lowest BCUT2D eigenvalue weighted by molar-refractivity contribution is -0.126. The Bertz CT molecular complexity index is 460. The number of rotatable bonds is 2. The van der Waals surface area contributed by atoms with Gasteiger partial charge >= 0.3 is 0 Å². The van der Waals surface area contributed by atoms with E-state index in [1.54, 1.807) is 0 Å². The SMILES string of the molecule is Cc1nc2c([nH]1)CC(C(=O)NC1CCCCC1)CC2. The molecule has 3 rings (SSSR count). The van der Waals surface area contributed by atoms with Crippen LogP contribution in [0.2, 0.25) is 0 Å². The average molecular weight is 261 g/mol. The molecule has 0 aromatic carbocycles. The van der Waals surface area contributed by atoms with Crippen LogP contribution in [0, 0.1) is 12.8 Å². The van der Waals surface area contributed by atoms with Gasteiger partial charge in [0, 0.05) is 24.1 Å². The van der Waals surface area contributed by atoms with Crippen molar-refractivity contribution in [3.63, 3.8) is 0 Å². The van der Waals surface area contributed by atoms with Gasteiger partial charge in [0.25, 0.3) is 0 Å². The number of nitrogens with one attached hydrogen (secondary N) is 2. The summed E-state index contributed by atoms with van der Waals surface area (Å²) < 4.78 is 0. The summed E-state index contributed by atoms with van der Waals surface area (Å²) in [6.45, 7) is 1.98. The number of hydrogen-bond acceptors (Lipinski definition) is 2. The Morgan fingerprint density at radius 2 is 2.05 bits per heavy atom. The van der Waals surface area contributed by atoms with Crippen LogP contribution >= 0.6 is 0 Å². The summed E-state index contributed by atoms with van der Waals surface area (Å²) in [5.41, 5.74) is 2.34. The molecule has 19 heavy (non-hydrogen) atoms. The fraction of sp³-hybridized carbons (Fsp3) is 0.733. The zero-order chi connectivity index (χ0) is 13.2. The zero-order valence-electron chi connectivity index (χ0n) is 11.7. The Labute approximate surface area is 114 Å². The highest BCUT2D eigenvalue weighted by Crippen LogP contribution is 2.25. The molecule has 0 radical (unpaired) electrons. The van der Waals surface area contributed by atoms with Crippen molar-refractivity contribution in [2.75, 3.05) is 0 Å². The van der Waals surface area contributed by atoms with E-state index in [4.69, 9.17) is 0 Å². The highest BCUT2D eigenvalue weighted by Gasteiger charge is 2.28. The van der Waals surface area contributed by atoms with E-state index in [9.17, 15) is 4.79 Å². The van der Waals surface area contributed by atoms with Crippen molar-refractivity contribution in [1.82, 2.24) is 15.3 Å². The second-order valence-corrected chi connectivity index (χ2v) is 6.03. The molecule has 1 fully saturated rings. The lowest BCUT2D eigenvalue weighted by Gasteiger charge is -2.27. The third kappa shape index (κ3) is 2.82. The molecule has 104 valence electrons. The van der Waals surface area contributed by atoms with Gasteiger partial charge in [-0.25, -0.2) is 4.98 Å². The maximum Gasteiger partial charge on any atom is 0.223 e. The van der Waals surface area contributed by atoms with Crippen LogP contribution in [0.25, 0.3) is 0 Å². The molecule has 1 unspecified atom stereocenters. The van der Waals surface area contributed by atoms with Gasteiger partial charge in [0.1, 0.15) is 5.82 Å². The lowest BCUT2D eigenvalue weighted by Crippen LogP contribution is -2.41. The van der Waals surface area contributed by atoms with Crippen LogP contribution in [0.4, 0.5) is 0 Å². The first kappa shape index (κ1) is 12.7. The third-order valence-electron chi connectivity index (χ3n) is 4.49. The highest BCUT2D eigenvalue weighted by molar-refractivity contribution is 5.79. The number of aromatic amines is 1. The molecule has 0 bridgehead atoms. The number of fused-ring (bicyclic) bond motifs is 1. The number of aryl methyl sites for hydroxylation is 2. The second kappa shape index (κ2) is 5.35. The maximum absolute atomic E-state index is 12.3. The summed E-state index contributed by atoms with van der Waals surface area (Å²) in [4.78, 5) is 20.1. The summed E-state index contributed by atoms with van der Waals surface area (Å²) in [5, 5.41) is 3.25. The molecule has 2 aliphatic rings. The van der Waals surface area contributed by atoms with E-state index in [0.29, 0.717) is 6.04 Å². The minimum Gasteiger partial charge on any atom is -0.353 e. The Kier molecular flexibility index (Phi) is 3.58. The van der Waals surface area contributed by atoms with Gasteiger partial charge in [0.15, 0.2) is 0 Å². The average Bonchev–Trinajstić information content (AvgIpc) is 2.78. The maximum atomic E-state index is 12.3. The predicted molar refractivity (Wildman–Crippen MR) is 73.9 cm³/mol. The standard InChI is InChI=1S/C15H23N3O/c1-10-16-13-8-7-11(9-14(13)17-10)15(19)18-12-5-3-2-4-6-12/h11-12H,2-9H2,1H3,(H,16,17)(H,18,19). The molecule has 2 N–H and O–H groups in total. The number of carbonyl (C=O) groups excluding carboxylic acids is 1. The van der Waals surface area contributed by atoms with Crippen LogP contribution in [0.15, 0.2) is 0 Å². The van der Waals surface area contributed by atoms with E-state index < -0.39 is 0 Å². The number of H-pyrrole nitrogens is 1. The summed E-state index contributed by atoms with van der Waals surface area (Å²) in [5.74, 6) is 1.36. The van der Waals surface area contributed by atoms with Crippen LogP contribution in [-0.4, -0.2) is 21.9 Å². The Balaban J connectivity index is 1.59. The van der Waals surface area contributed by atoms with Crippen molar-refractivity contribution in [3.05, 3.63) is 17.2 Å². The molecule has 1 amide bonds. The summed E-state index contributed by atoms with van der Waals surface area (Å²) in [6.07, 6.45) is 8.87. The fourth-order valence-corrected chi connectivity index (χ4v) is 3.41. The minimum absolute atomic E-state index is 0.134. The largest absolute Gasteiger partial charge is 0.353 e. The number of carbonyl (C=O) groups is 1. The summed E-state index contributed by atoms with van der Waals surface area (Å²) >= 11 is 0. The number of hydrogen-bond donors (Lipinski definition) is 2. The number of aromatic nitrogens is 2. The van der Waals surface area contributed by atoms with Gasteiger partial charge in [-0.2, -0.15) is 0 Å². The molecule has 1 aromatic rings. The predicted octanol–water partition coefficient (Wildman–Crippen LogP) is 2.27. The molecular weight excluding hydrogens is 238 g/mol. The molecule has 1 heterocycles. The quantitative estimate of drug-likeness (QED) is 0.858. The van der Waals surface area contributed by atoms with Gasteiger partial charge in [-0.05, 0) is 32.6 Å². The second-order valence-electron chi connectivity index (χ2n) is 6.03. The van der Waals surface area contributed by atoms with Crippen molar-refractivity contribution in [3.8, 4) is 0 Å². The van der Waals surface area contributed by atoms with Gasteiger partial charge in [-0.3, -0.25) is 4.79 Å². The van der Waals surface area contributed by atoms with Crippen molar-refractivity contribution in [1.29, 1.82) is 0 Å². The topological polar surface area (TPSA) is 57.8 Å². The Morgan fingerprint density at radius 3 is 2.84 bits per heavy atom. The van der Waals surface area contributed by atoms with E-state index in [1.165, 1.54) is 30.7 Å². The van der Waals surface area contributed by atoms with Crippen molar-refractivity contribution in [2.24, 2.45) is 5.92 Å². The van der Waals surface area contributed by atoms with E-state index in [2.05, 4.69) is 15.3 Å². The zero-order valence-corrected chi connectivity index (χ0v) is 11.7. The van der Waals surface area contributed by atoms with E-state index in [1.807, 2.05) is 6.92 Å². The molecule has 1 saturated carbocycles. The van der Waals surface area contributed by atoms with E-state index in [-0.39, 0.29) is 11.8 Å². The Hall–Kier alpha value is -1.32. The minimum atomic E-state index is 0.134. The smallest absolute Gasteiger partial charge is 0.223 e. The van der Waals surface area contributed by atoms with E-state index in [0.717, 1.165) is 37.9 Å². The number of nitrogens with zero attached hydrogens (tertiary/aromatic N) is 1. The van der Waals surface area contributed by atoms with Gasteiger partial charge in [-0.1, -0.05) is 19.3 Å². The van der Waals surface area contributed by atoms with Crippen molar-refractivity contribution in [2.45, 2.75) is 64.3 Å². The van der Waals surface area contributed by atoms with Gasteiger partial charge < -0.3 is 10.3 Å². The third-order valence-corrected chi connectivity index (χ3v) is 4.49. The molecule has 1 aromatic heterocycles. The van der Waals surface area contributed by atoms with Gasteiger partial charge in [0.2, 0.25) is 5.91 Å². The van der Waals surface area contributed by atoms with Crippen LogP contribution in [0.3, 0.4) is 0 Å². The van der Waals surface area contributed by atoms with Gasteiger partial charge in [-0.15, -0.1) is 0 Å². The first-order valence-electron chi connectivity index (χ1n) is 7.57. The lowest BCUT2D eigenvalue weighted by atomic mass is 9.88. The number of amides is 1. The monoisotopic (exact) mass is 261 g/mol. The van der Waals surface area contributed by atoms with Crippen LogP contribution < -0.4 is 5.32 Å². The van der Waals surface area contributed by atoms with E-state index >= 15 is 0 Å². The highest BCUT2D eigenvalue weighted by atomic mass is 16.1. The van der Waals surface area contributed by atoms with Crippen LogP contribution in [-0.2, 0) is 17.6 Å². The molecule has 4 heteroatoms. The molecule has 0 spiro atoms. The normalized spacial score (nSPS) is 23.9. The summed E-state index contributed by atoms with van der Waals surface area (Å²) in [6, 6.07) is 0.422. The molecular formula is C15H23N3O. The van der Waals surface area contributed by atoms with Gasteiger partial charge in [0.05, 0.1) is 5.69 Å². The van der Waals surface area contributed by atoms with Crippen molar-refractivity contribution < 1.29 is 4.79 Å². The molecule has 2 aliphatic carbocycles. The Morgan fingerprint density at radius 1 is 1.26 bits per heavy atom. The molecule has 4 nitrogen and oxygen atoms in total. The fourth-order valence-electron chi connectivity index (χ4n) is 3.41. The molecule has 1 atom stereocenters. The first-order valence-corrected chi connectivity index (χ1v) is 7.57. The number of imidazole rings is 1. The molecule has 0 aliphatic heterocycles. The first-order chi connectivity index (χ1) is 9.22. The summed E-state index contributed by atoms with van der Waals surface area (Å²) in [7, 11) is 0. The van der Waals surface area contributed by atoms with Crippen molar-refractivity contribution >= 4 is 5.91 Å². The van der Waals surface area contributed by atoms with Crippen LogP contribution in [0.1, 0.15) is 55.7 Å². The molecule has 0 saturated heterocycles.